The van der Waals surface area contributed by atoms with Crippen LogP contribution < -0.4 is 4.90 Å². The second-order valence-electron chi connectivity index (χ2n) is 3.62. The first-order chi connectivity index (χ1) is 7.33. The van der Waals surface area contributed by atoms with Gasteiger partial charge in [-0.05, 0) is 12.7 Å². The third-order valence-corrected chi connectivity index (χ3v) is 3.97. The van der Waals surface area contributed by atoms with Crippen LogP contribution in [0.1, 0.15) is 12.0 Å². The first-order valence-corrected chi connectivity index (χ1v) is 6.80. The van der Waals surface area contributed by atoms with E-state index in [1.165, 1.54) is 6.42 Å². The van der Waals surface area contributed by atoms with Crippen molar-refractivity contribution in [1.82, 2.24) is 9.97 Å². The van der Waals surface area contributed by atoms with Crippen molar-refractivity contribution in [3.8, 4) is 0 Å². The Morgan fingerprint density at radius 2 is 2.27 bits per heavy atom. The minimum atomic E-state index is 0.480. The maximum atomic E-state index is 5.69. The average Bonchev–Trinajstić information content (AvgIpc) is 2.78. The molecule has 2 rings (SSSR count). The van der Waals surface area contributed by atoms with E-state index < -0.39 is 0 Å². The van der Waals surface area contributed by atoms with Crippen molar-refractivity contribution in [2.24, 2.45) is 0 Å². The van der Waals surface area contributed by atoms with Gasteiger partial charge in [0.2, 0.25) is 5.95 Å². The monoisotopic (exact) mass is 243 g/mol. The van der Waals surface area contributed by atoms with Crippen molar-refractivity contribution in [2.75, 3.05) is 24.2 Å². The second-order valence-corrected chi connectivity index (χ2v) is 5.02. The van der Waals surface area contributed by atoms with E-state index in [9.17, 15) is 0 Å². The first kappa shape index (κ1) is 11.0. The second kappa shape index (κ2) is 5.03. The highest BCUT2D eigenvalue weighted by atomic mass is 35.5. The maximum absolute atomic E-state index is 5.69. The summed E-state index contributed by atoms with van der Waals surface area (Å²) >= 11 is 7.61. The largest absolute Gasteiger partial charge is 0.340 e. The molecule has 82 valence electrons. The Balaban J connectivity index is 2.04. The van der Waals surface area contributed by atoms with E-state index in [1.807, 2.05) is 24.2 Å². The van der Waals surface area contributed by atoms with Crippen LogP contribution in [0.2, 0.25) is 0 Å². The topological polar surface area (TPSA) is 29.0 Å². The van der Waals surface area contributed by atoms with Gasteiger partial charge in [-0.25, -0.2) is 9.97 Å². The molecule has 1 atom stereocenters. The van der Waals surface area contributed by atoms with Crippen molar-refractivity contribution < 1.29 is 0 Å². The van der Waals surface area contributed by atoms with E-state index in [-0.39, 0.29) is 0 Å². The van der Waals surface area contributed by atoms with Crippen LogP contribution in [-0.2, 0) is 5.88 Å². The Kier molecular flexibility index (Phi) is 3.70. The highest BCUT2D eigenvalue weighted by Gasteiger charge is 2.23. The van der Waals surface area contributed by atoms with Crippen LogP contribution >= 0.6 is 23.4 Å². The molecule has 0 saturated carbocycles. The number of halogens is 1. The molecule has 0 aromatic carbocycles. The van der Waals surface area contributed by atoms with Crippen molar-refractivity contribution in [1.29, 1.82) is 0 Å². The number of hydrogen-bond donors (Lipinski definition) is 0. The summed E-state index contributed by atoms with van der Waals surface area (Å²) in [6, 6.07) is 0. The highest BCUT2D eigenvalue weighted by Crippen LogP contribution is 2.23. The quantitative estimate of drug-likeness (QED) is 0.761. The van der Waals surface area contributed by atoms with Gasteiger partial charge in [-0.2, -0.15) is 11.8 Å². The Labute approximate surface area is 99.2 Å². The first-order valence-electron chi connectivity index (χ1n) is 4.98. The third kappa shape index (κ3) is 2.55. The van der Waals surface area contributed by atoms with Crippen LogP contribution in [0.4, 0.5) is 5.95 Å². The summed E-state index contributed by atoms with van der Waals surface area (Å²) in [5.41, 5.74) is 0.973. The number of nitrogens with zero attached hydrogens (tertiary/aromatic N) is 3. The lowest BCUT2D eigenvalue weighted by Crippen LogP contribution is -2.22. The number of anilines is 1. The lowest BCUT2D eigenvalue weighted by atomic mass is 10.4. The highest BCUT2D eigenvalue weighted by molar-refractivity contribution is 7.99. The van der Waals surface area contributed by atoms with Crippen molar-refractivity contribution in [3.05, 3.63) is 18.0 Å². The molecule has 1 aliphatic rings. The molecule has 1 aliphatic heterocycles. The summed E-state index contributed by atoms with van der Waals surface area (Å²) in [6.07, 6.45) is 7.00. The summed E-state index contributed by atoms with van der Waals surface area (Å²) in [7, 11) is 0. The van der Waals surface area contributed by atoms with E-state index in [0.717, 1.165) is 29.9 Å². The van der Waals surface area contributed by atoms with Crippen LogP contribution in [0, 0.1) is 0 Å². The zero-order valence-electron chi connectivity index (χ0n) is 8.69. The zero-order valence-corrected chi connectivity index (χ0v) is 10.3. The normalized spacial score (nSPS) is 20.9. The van der Waals surface area contributed by atoms with Gasteiger partial charge < -0.3 is 4.90 Å². The van der Waals surface area contributed by atoms with Gasteiger partial charge in [0.05, 0.1) is 5.88 Å². The Morgan fingerprint density at radius 1 is 1.53 bits per heavy atom. The predicted molar refractivity (Wildman–Crippen MR) is 65.7 cm³/mol. The van der Waals surface area contributed by atoms with Gasteiger partial charge in [-0.1, -0.05) is 0 Å². The van der Waals surface area contributed by atoms with Gasteiger partial charge in [0.25, 0.3) is 0 Å². The van der Waals surface area contributed by atoms with Gasteiger partial charge in [0, 0.05) is 36.3 Å². The molecule has 15 heavy (non-hydrogen) atoms. The number of hydrogen-bond acceptors (Lipinski definition) is 4. The molecule has 1 fully saturated rings. The van der Waals surface area contributed by atoms with Gasteiger partial charge in [0.15, 0.2) is 0 Å². The molecule has 1 saturated heterocycles. The SMILES string of the molecule is CSC1CCN(c2ncc(CCl)cn2)C1. The van der Waals surface area contributed by atoms with Crippen molar-refractivity contribution in [3.63, 3.8) is 0 Å². The van der Waals surface area contributed by atoms with E-state index in [0.29, 0.717) is 5.88 Å². The summed E-state index contributed by atoms with van der Waals surface area (Å²) in [5.74, 6) is 1.31. The molecule has 2 heterocycles. The molecule has 0 amide bonds. The number of rotatable bonds is 3. The Bertz CT molecular complexity index is 317. The molecule has 0 bridgehead atoms. The van der Waals surface area contributed by atoms with Gasteiger partial charge in [-0.3, -0.25) is 0 Å². The zero-order chi connectivity index (χ0) is 10.7. The standard InChI is InChI=1S/C10H14ClN3S/c1-15-9-2-3-14(7-9)10-12-5-8(4-11)6-13-10/h5-6,9H,2-4,7H2,1H3. The van der Waals surface area contributed by atoms with E-state index >= 15 is 0 Å². The van der Waals surface area contributed by atoms with E-state index in [1.54, 1.807) is 0 Å². The van der Waals surface area contributed by atoms with Gasteiger partial charge in [0.1, 0.15) is 0 Å². The molecule has 3 nitrogen and oxygen atoms in total. The molecule has 0 N–H and O–H groups in total. The molecule has 1 aromatic rings. The summed E-state index contributed by atoms with van der Waals surface area (Å²) in [4.78, 5) is 10.9. The fourth-order valence-electron chi connectivity index (χ4n) is 1.68. The molecular formula is C10H14ClN3S. The van der Waals surface area contributed by atoms with Crippen LogP contribution in [0.5, 0.6) is 0 Å². The molecule has 0 radical (unpaired) electrons. The van der Waals surface area contributed by atoms with Crippen LogP contribution in [0.15, 0.2) is 12.4 Å². The number of alkyl halides is 1. The third-order valence-electron chi connectivity index (χ3n) is 2.61. The molecule has 0 aliphatic carbocycles. The smallest absolute Gasteiger partial charge is 0.225 e. The predicted octanol–water partition coefficient (Wildman–Crippen LogP) is 2.16. The summed E-state index contributed by atoms with van der Waals surface area (Å²) < 4.78 is 0. The average molecular weight is 244 g/mol. The van der Waals surface area contributed by atoms with E-state index in [4.69, 9.17) is 11.6 Å². The van der Waals surface area contributed by atoms with Gasteiger partial charge >= 0.3 is 0 Å². The Hall–Kier alpha value is -0.480. The number of aromatic nitrogens is 2. The van der Waals surface area contributed by atoms with Crippen molar-refractivity contribution >= 4 is 29.3 Å². The summed E-state index contributed by atoms with van der Waals surface area (Å²) in [5, 5.41) is 0.723. The minimum absolute atomic E-state index is 0.480. The van der Waals surface area contributed by atoms with E-state index in [2.05, 4.69) is 21.1 Å². The number of thioether (sulfide) groups is 1. The maximum Gasteiger partial charge on any atom is 0.225 e. The van der Waals surface area contributed by atoms with Crippen LogP contribution in [-0.4, -0.2) is 34.6 Å². The van der Waals surface area contributed by atoms with Crippen LogP contribution in [0.3, 0.4) is 0 Å². The molecular weight excluding hydrogens is 230 g/mol. The molecule has 5 heteroatoms. The fourth-order valence-corrected chi connectivity index (χ4v) is 2.49. The minimum Gasteiger partial charge on any atom is -0.340 e. The molecule has 1 aromatic heterocycles. The van der Waals surface area contributed by atoms with Crippen LogP contribution in [0.25, 0.3) is 0 Å². The van der Waals surface area contributed by atoms with Gasteiger partial charge in [-0.15, -0.1) is 11.6 Å². The Morgan fingerprint density at radius 3 is 2.80 bits per heavy atom. The van der Waals surface area contributed by atoms with Crippen molar-refractivity contribution in [2.45, 2.75) is 17.6 Å². The fraction of sp³-hybridized carbons (Fsp3) is 0.600. The molecule has 1 unspecified atom stereocenters. The lowest BCUT2D eigenvalue weighted by molar-refractivity contribution is 0.894. The lowest BCUT2D eigenvalue weighted by Gasteiger charge is -2.15. The summed E-state index contributed by atoms with van der Waals surface area (Å²) in [6.45, 7) is 2.12. The molecule has 0 spiro atoms.